The van der Waals surface area contributed by atoms with E-state index in [0.29, 0.717) is 16.9 Å². The molecule has 0 saturated carbocycles. The van der Waals surface area contributed by atoms with Crippen molar-refractivity contribution in [3.8, 4) is 6.07 Å². The predicted molar refractivity (Wildman–Crippen MR) is 97.8 cm³/mol. The van der Waals surface area contributed by atoms with E-state index >= 15 is 0 Å². The lowest BCUT2D eigenvalue weighted by molar-refractivity contribution is -0.114. The van der Waals surface area contributed by atoms with Crippen LogP contribution in [0.15, 0.2) is 48.5 Å². The largest absolute Gasteiger partial charge is 0.325 e. The van der Waals surface area contributed by atoms with Gasteiger partial charge in [0.05, 0.1) is 23.6 Å². The quantitative estimate of drug-likeness (QED) is 0.860. The van der Waals surface area contributed by atoms with Crippen molar-refractivity contribution in [1.29, 1.82) is 5.26 Å². The molecule has 0 fully saturated rings. The number of hydrogen-bond donors (Lipinski definition) is 1. The fraction of sp³-hybridized carbons (Fsp3) is 0.222. The highest BCUT2D eigenvalue weighted by atomic mass is 32.2. The van der Waals surface area contributed by atoms with E-state index in [4.69, 9.17) is 5.26 Å². The van der Waals surface area contributed by atoms with Crippen LogP contribution in [-0.2, 0) is 21.2 Å². The minimum absolute atomic E-state index is 0.331. The predicted octanol–water partition coefficient (Wildman–Crippen LogP) is 2.53. The van der Waals surface area contributed by atoms with Crippen LogP contribution >= 0.6 is 0 Å². The topological polar surface area (TPSA) is 90.3 Å². The zero-order valence-electron chi connectivity index (χ0n) is 14.1. The zero-order chi connectivity index (χ0) is 18.4. The molecular weight excluding hydrogens is 338 g/mol. The molecule has 2 aromatic rings. The molecule has 130 valence electrons. The third-order valence-electron chi connectivity index (χ3n) is 3.62. The number of carbonyl (C=O) groups excluding carboxylic acids is 1. The molecule has 0 aliphatic rings. The normalized spacial score (nSPS) is 10.8. The molecule has 0 aliphatic carbocycles. The van der Waals surface area contributed by atoms with Gasteiger partial charge in [0.25, 0.3) is 0 Å². The molecule has 6 nitrogen and oxygen atoms in total. The number of nitrogens with one attached hydrogen (secondary N) is 1. The van der Waals surface area contributed by atoms with Crippen LogP contribution in [-0.4, -0.2) is 27.1 Å². The smallest absolute Gasteiger partial charge is 0.245 e. The number of nitriles is 1. The molecule has 2 rings (SSSR count). The van der Waals surface area contributed by atoms with Gasteiger partial charge in [0.15, 0.2) is 0 Å². The molecule has 1 amide bonds. The number of anilines is 2. The summed E-state index contributed by atoms with van der Waals surface area (Å²) in [5, 5.41) is 11.5. The van der Waals surface area contributed by atoms with Gasteiger partial charge < -0.3 is 5.32 Å². The number of nitrogens with zero attached hydrogens (tertiary/aromatic N) is 2. The lowest BCUT2D eigenvalue weighted by atomic mass is 10.1. The molecule has 0 aromatic heterocycles. The second kappa shape index (κ2) is 7.81. The average molecular weight is 357 g/mol. The maximum absolute atomic E-state index is 12.3. The van der Waals surface area contributed by atoms with Crippen molar-refractivity contribution in [2.24, 2.45) is 0 Å². The number of hydrogen-bond acceptors (Lipinski definition) is 4. The van der Waals surface area contributed by atoms with E-state index in [0.717, 1.165) is 22.5 Å². The Kier molecular flexibility index (Phi) is 5.78. The molecule has 0 radical (unpaired) electrons. The molecule has 0 unspecified atom stereocenters. The Hall–Kier alpha value is -2.85. The van der Waals surface area contributed by atoms with Gasteiger partial charge in [0, 0.05) is 5.69 Å². The summed E-state index contributed by atoms with van der Waals surface area (Å²) in [5.74, 6) is -0.445. The second-order valence-corrected chi connectivity index (χ2v) is 7.43. The highest BCUT2D eigenvalue weighted by molar-refractivity contribution is 7.92. The summed E-state index contributed by atoms with van der Waals surface area (Å²) in [6.07, 6.45) is 1.93. The fourth-order valence-corrected chi connectivity index (χ4v) is 3.11. The third-order valence-corrected chi connectivity index (χ3v) is 4.76. The Balaban J connectivity index is 2.15. The summed E-state index contributed by atoms with van der Waals surface area (Å²) in [5.41, 5.74) is 2.50. The first kappa shape index (κ1) is 18.5. The van der Waals surface area contributed by atoms with Crippen LogP contribution < -0.4 is 9.62 Å². The van der Waals surface area contributed by atoms with Crippen molar-refractivity contribution in [2.75, 3.05) is 22.4 Å². The molecule has 7 heteroatoms. The zero-order valence-corrected chi connectivity index (χ0v) is 14.9. The molecule has 0 heterocycles. The molecule has 0 spiro atoms. The summed E-state index contributed by atoms with van der Waals surface area (Å²) < 4.78 is 25.1. The number of carbonyl (C=O) groups is 1. The molecule has 0 atom stereocenters. The number of rotatable bonds is 6. The summed E-state index contributed by atoms with van der Waals surface area (Å²) in [6.45, 7) is 1.69. The van der Waals surface area contributed by atoms with Crippen LogP contribution in [0.25, 0.3) is 0 Å². The van der Waals surface area contributed by atoms with Gasteiger partial charge >= 0.3 is 0 Å². The average Bonchev–Trinajstić information content (AvgIpc) is 2.59. The third kappa shape index (κ3) is 5.06. The molecule has 0 saturated heterocycles. The number of benzene rings is 2. The molecule has 0 aliphatic heterocycles. The van der Waals surface area contributed by atoms with E-state index in [1.165, 1.54) is 24.3 Å². The van der Waals surface area contributed by atoms with Gasteiger partial charge in [-0.25, -0.2) is 8.42 Å². The monoisotopic (exact) mass is 357 g/mol. The van der Waals surface area contributed by atoms with Gasteiger partial charge in [-0.1, -0.05) is 19.1 Å². The van der Waals surface area contributed by atoms with E-state index in [1.807, 2.05) is 25.1 Å². The number of amides is 1. The van der Waals surface area contributed by atoms with Crippen molar-refractivity contribution >= 4 is 27.3 Å². The number of aryl methyl sites for hydroxylation is 1. The van der Waals surface area contributed by atoms with E-state index in [2.05, 4.69) is 5.32 Å². The van der Waals surface area contributed by atoms with Crippen molar-refractivity contribution < 1.29 is 13.2 Å². The van der Waals surface area contributed by atoms with Gasteiger partial charge in [-0.15, -0.1) is 0 Å². The maximum atomic E-state index is 12.3. The minimum atomic E-state index is -3.65. The molecule has 25 heavy (non-hydrogen) atoms. The van der Waals surface area contributed by atoms with Crippen molar-refractivity contribution in [2.45, 2.75) is 13.3 Å². The Morgan fingerprint density at radius 1 is 1.12 bits per heavy atom. The summed E-state index contributed by atoms with van der Waals surface area (Å²) in [7, 11) is -3.65. The summed E-state index contributed by atoms with van der Waals surface area (Å²) >= 11 is 0. The Labute approximate surface area is 147 Å². The first-order valence-corrected chi connectivity index (χ1v) is 9.55. The lowest BCUT2D eigenvalue weighted by Crippen LogP contribution is -2.37. The first-order valence-electron chi connectivity index (χ1n) is 7.70. The highest BCUT2D eigenvalue weighted by Gasteiger charge is 2.20. The molecule has 1 N–H and O–H groups in total. The van der Waals surface area contributed by atoms with Crippen LogP contribution in [0, 0.1) is 11.3 Å². The van der Waals surface area contributed by atoms with Gasteiger partial charge in [0.1, 0.15) is 6.54 Å². The van der Waals surface area contributed by atoms with E-state index in [-0.39, 0.29) is 6.54 Å². The van der Waals surface area contributed by atoms with Crippen LogP contribution in [0.1, 0.15) is 18.1 Å². The Morgan fingerprint density at radius 3 is 2.20 bits per heavy atom. The van der Waals surface area contributed by atoms with E-state index < -0.39 is 15.9 Å². The van der Waals surface area contributed by atoms with E-state index in [1.54, 1.807) is 12.1 Å². The van der Waals surface area contributed by atoms with Crippen molar-refractivity contribution in [3.05, 3.63) is 59.7 Å². The van der Waals surface area contributed by atoms with Gasteiger partial charge in [-0.05, 0) is 48.4 Å². The van der Waals surface area contributed by atoms with Gasteiger partial charge in [-0.2, -0.15) is 5.26 Å². The number of sulfonamides is 1. The second-order valence-electron chi connectivity index (χ2n) is 5.53. The Morgan fingerprint density at radius 2 is 1.72 bits per heavy atom. The van der Waals surface area contributed by atoms with Crippen LogP contribution in [0.4, 0.5) is 11.4 Å². The van der Waals surface area contributed by atoms with Crippen molar-refractivity contribution in [1.82, 2.24) is 0 Å². The SMILES string of the molecule is CCc1ccc(NC(=O)CN(c2ccc(C#N)cc2)S(C)(=O)=O)cc1. The fourth-order valence-electron chi connectivity index (χ4n) is 2.26. The van der Waals surface area contributed by atoms with E-state index in [9.17, 15) is 13.2 Å². The standard InChI is InChI=1S/C18H19N3O3S/c1-3-14-4-8-16(9-5-14)20-18(22)13-21(25(2,23)24)17-10-6-15(12-19)7-11-17/h4-11H,3,13H2,1-2H3,(H,20,22). The van der Waals surface area contributed by atoms with Crippen LogP contribution in [0.2, 0.25) is 0 Å². The summed E-state index contributed by atoms with van der Waals surface area (Å²) in [4.78, 5) is 12.3. The highest BCUT2D eigenvalue weighted by Crippen LogP contribution is 2.18. The lowest BCUT2D eigenvalue weighted by Gasteiger charge is -2.22. The van der Waals surface area contributed by atoms with Gasteiger partial charge in [0.2, 0.25) is 15.9 Å². The summed E-state index contributed by atoms with van der Waals surface area (Å²) in [6, 6.07) is 15.4. The molecule has 0 bridgehead atoms. The van der Waals surface area contributed by atoms with Crippen molar-refractivity contribution in [3.63, 3.8) is 0 Å². The van der Waals surface area contributed by atoms with Crippen LogP contribution in [0.5, 0.6) is 0 Å². The Bertz CT molecular complexity index is 883. The van der Waals surface area contributed by atoms with Crippen LogP contribution in [0.3, 0.4) is 0 Å². The first-order chi connectivity index (χ1) is 11.8. The molecule has 2 aromatic carbocycles. The minimum Gasteiger partial charge on any atom is -0.325 e. The molecular formula is C18H19N3O3S. The van der Waals surface area contributed by atoms with Gasteiger partial charge in [-0.3, -0.25) is 9.10 Å². The maximum Gasteiger partial charge on any atom is 0.245 e.